The summed E-state index contributed by atoms with van der Waals surface area (Å²) in [7, 11) is 15.6. The van der Waals surface area contributed by atoms with Crippen molar-refractivity contribution in [3.63, 3.8) is 0 Å². The van der Waals surface area contributed by atoms with E-state index in [2.05, 4.69) is 0 Å². The van der Waals surface area contributed by atoms with Gasteiger partial charge in [0.15, 0.2) is 0 Å². The molecule has 0 spiro atoms. The van der Waals surface area contributed by atoms with E-state index in [0.29, 0.717) is 13.2 Å². The van der Waals surface area contributed by atoms with Crippen LogP contribution in [0.2, 0.25) is 0 Å². The topological polar surface area (TPSA) is 18.5 Å². The molecular weight excluding hydrogens is 345 g/mol. The SMILES string of the molecule is COCc1cccc(COC)[c]1[Sb]([Cl])[Cl]. The Labute approximate surface area is 105 Å². The zero-order valence-electron chi connectivity index (χ0n) is 8.67. The first kappa shape index (κ1) is 13.6. The molecule has 0 fully saturated rings. The van der Waals surface area contributed by atoms with Crippen LogP contribution in [0.4, 0.5) is 0 Å². The second-order valence-electron chi connectivity index (χ2n) is 3.02. The maximum atomic E-state index is 6.12. The van der Waals surface area contributed by atoms with Crippen LogP contribution in [0, 0.1) is 0 Å². The van der Waals surface area contributed by atoms with Gasteiger partial charge in [-0.3, -0.25) is 0 Å². The average molecular weight is 358 g/mol. The quantitative estimate of drug-likeness (QED) is 0.752. The monoisotopic (exact) mass is 356 g/mol. The predicted octanol–water partition coefficient (Wildman–Crippen LogP) is 2.15. The van der Waals surface area contributed by atoms with Crippen LogP contribution in [0.25, 0.3) is 0 Å². The molecule has 1 aromatic carbocycles. The van der Waals surface area contributed by atoms with Gasteiger partial charge >= 0.3 is 105 Å². The molecule has 0 atom stereocenters. The number of halogens is 2. The normalized spacial score (nSPS) is 11.0. The first-order valence-corrected chi connectivity index (χ1v) is 12.1. The van der Waals surface area contributed by atoms with Crippen molar-refractivity contribution in [3.8, 4) is 0 Å². The van der Waals surface area contributed by atoms with Crippen LogP contribution in [0.15, 0.2) is 18.2 Å². The molecule has 5 heteroatoms. The summed E-state index contributed by atoms with van der Waals surface area (Å²) in [6, 6.07) is 5.98. The molecule has 0 saturated heterocycles. The Kier molecular flexibility index (Phi) is 6.33. The Bertz CT molecular complexity index is 294. The minimum atomic E-state index is -2.31. The summed E-state index contributed by atoms with van der Waals surface area (Å²) in [5.74, 6) is 0. The van der Waals surface area contributed by atoms with Gasteiger partial charge in [-0.05, 0) is 0 Å². The molecule has 1 rings (SSSR count). The van der Waals surface area contributed by atoms with E-state index in [1.54, 1.807) is 14.2 Å². The molecular formula is C10H13Cl2O2Sb. The Morgan fingerprint density at radius 3 is 1.87 bits per heavy atom. The molecule has 2 nitrogen and oxygen atoms in total. The fraction of sp³-hybridized carbons (Fsp3) is 0.400. The van der Waals surface area contributed by atoms with Crippen LogP contribution in [0.3, 0.4) is 0 Å². The van der Waals surface area contributed by atoms with E-state index in [0.717, 1.165) is 14.6 Å². The van der Waals surface area contributed by atoms with Gasteiger partial charge in [0, 0.05) is 0 Å². The minimum absolute atomic E-state index is 0.549. The summed E-state index contributed by atoms with van der Waals surface area (Å²) in [6.07, 6.45) is 0. The molecule has 0 saturated carbocycles. The maximum absolute atomic E-state index is 6.12. The van der Waals surface area contributed by atoms with E-state index in [1.165, 1.54) is 0 Å². The third-order valence-corrected chi connectivity index (χ3v) is 6.84. The van der Waals surface area contributed by atoms with Gasteiger partial charge in [-0.15, -0.1) is 0 Å². The van der Waals surface area contributed by atoms with E-state index >= 15 is 0 Å². The Morgan fingerprint density at radius 2 is 1.53 bits per heavy atom. The predicted molar refractivity (Wildman–Crippen MR) is 65.0 cm³/mol. The van der Waals surface area contributed by atoms with Crippen molar-refractivity contribution in [1.29, 1.82) is 0 Å². The number of ether oxygens (including phenoxy) is 2. The summed E-state index contributed by atoms with van der Waals surface area (Å²) >= 11 is -2.31. The molecule has 0 unspecified atom stereocenters. The Morgan fingerprint density at radius 1 is 1.07 bits per heavy atom. The Hall–Kier alpha value is 0.538. The molecule has 0 aromatic heterocycles. The second kappa shape index (κ2) is 6.98. The van der Waals surface area contributed by atoms with Crippen LogP contribution >= 0.6 is 17.7 Å². The van der Waals surface area contributed by atoms with Gasteiger partial charge in [0.2, 0.25) is 0 Å². The molecule has 0 radical (unpaired) electrons. The molecule has 0 N–H and O–H groups in total. The average Bonchev–Trinajstić information content (AvgIpc) is 2.18. The van der Waals surface area contributed by atoms with Crippen molar-refractivity contribution >= 4 is 39.1 Å². The zero-order chi connectivity index (χ0) is 11.3. The van der Waals surface area contributed by atoms with Crippen molar-refractivity contribution in [2.75, 3.05) is 14.2 Å². The summed E-state index contributed by atoms with van der Waals surface area (Å²) in [6.45, 7) is 1.10. The van der Waals surface area contributed by atoms with Gasteiger partial charge in [-0.1, -0.05) is 0 Å². The molecule has 0 bridgehead atoms. The van der Waals surface area contributed by atoms with Crippen molar-refractivity contribution in [2.24, 2.45) is 0 Å². The molecule has 15 heavy (non-hydrogen) atoms. The summed E-state index contributed by atoms with van der Waals surface area (Å²) in [5.41, 5.74) is 2.17. The van der Waals surface area contributed by atoms with Crippen LogP contribution in [0.5, 0.6) is 0 Å². The summed E-state index contributed by atoms with van der Waals surface area (Å²) in [4.78, 5) is 0. The van der Waals surface area contributed by atoms with E-state index < -0.39 is 17.9 Å². The van der Waals surface area contributed by atoms with Crippen LogP contribution in [0.1, 0.15) is 11.1 Å². The van der Waals surface area contributed by atoms with Gasteiger partial charge in [-0.25, -0.2) is 0 Å². The van der Waals surface area contributed by atoms with Crippen LogP contribution in [-0.2, 0) is 22.7 Å². The van der Waals surface area contributed by atoms with E-state index in [9.17, 15) is 0 Å². The van der Waals surface area contributed by atoms with E-state index in [-0.39, 0.29) is 0 Å². The van der Waals surface area contributed by atoms with Crippen molar-refractivity contribution < 1.29 is 9.47 Å². The Balaban J connectivity index is 3.09. The van der Waals surface area contributed by atoms with Crippen LogP contribution in [-0.4, -0.2) is 32.1 Å². The fourth-order valence-corrected chi connectivity index (χ4v) is 6.35. The molecule has 0 aliphatic rings. The van der Waals surface area contributed by atoms with Gasteiger partial charge in [0.1, 0.15) is 0 Å². The van der Waals surface area contributed by atoms with Crippen molar-refractivity contribution in [2.45, 2.75) is 13.2 Å². The third-order valence-electron chi connectivity index (χ3n) is 1.97. The van der Waals surface area contributed by atoms with Gasteiger partial charge in [0.05, 0.1) is 0 Å². The second-order valence-corrected chi connectivity index (χ2v) is 11.3. The van der Waals surface area contributed by atoms with Crippen LogP contribution < -0.4 is 3.51 Å². The molecule has 0 aliphatic heterocycles. The number of hydrogen-bond acceptors (Lipinski definition) is 2. The summed E-state index contributed by atoms with van der Waals surface area (Å²) < 4.78 is 11.3. The molecule has 0 aliphatic carbocycles. The first-order valence-electron chi connectivity index (χ1n) is 4.41. The zero-order valence-corrected chi connectivity index (χ0v) is 12.7. The summed E-state index contributed by atoms with van der Waals surface area (Å²) in [5, 5.41) is 0. The van der Waals surface area contributed by atoms with Gasteiger partial charge in [0.25, 0.3) is 0 Å². The van der Waals surface area contributed by atoms with E-state index in [1.807, 2.05) is 18.2 Å². The molecule has 0 amide bonds. The molecule has 1 aromatic rings. The number of benzene rings is 1. The first-order chi connectivity index (χ1) is 7.20. The number of rotatable bonds is 5. The number of hydrogen-bond donors (Lipinski definition) is 0. The van der Waals surface area contributed by atoms with Crippen molar-refractivity contribution in [1.82, 2.24) is 0 Å². The number of methoxy groups -OCH3 is 2. The van der Waals surface area contributed by atoms with Crippen molar-refractivity contribution in [3.05, 3.63) is 29.3 Å². The molecule has 84 valence electrons. The van der Waals surface area contributed by atoms with Gasteiger partial charge in [-0.2, -0.15) is 0 Å². The third kappa shape index (κ3) is 3.80. The standard InChI is InChI=1S/C10H13O2.2ClH.Sb/c1-11-7-9-4-3-5-10(6-9)8-12-2;;;/h3-5H,7-8H2,1-2H3;2*1H;/q;;;+2/p-2. The molecule has 0 heterocycles. The van der Waals surface area contributed by atoms with E-state index in [4.69, 9.17) is 27.1 Å². The van der Waals surface area contributed by atoms with Gasteiger partial charge < -0.3 is 0 Å². The fourth-order valence-electron chi connectivity index (χ4n) is 1.41.